The summed E-state index contributed by atoms with van der Waals surface area (Å²) in [6.07, 6.45) is -2.65. The fourth-order valence-corrected chi connectivity index (χ4v) is 3.80. The van der Waals surface area contributed by atoms with Gasteiger partial charge in [-0.1, -0.05) is 12.1 Å². The van der Waals surface area contributed by atoms with Gasteiger partial charge in [0, 0.05) is 6.54 Å². The molecule has 0 saturated heterocycles. The van der Waals surface area contributed by atoms with Crippen molar-refractivity contribution < 1.29 is 30.4 Å². The third-order valence-electron chi connectivity index (χ3n) is 2.23. The van der Waals surface area contributed by atoms with Gasteiger partial charge in [0.05, 0.1) is 6.61 Å². The molecular weight excluding hydrogens is 330 g/mol. The van der Waals surface area contributed by atoms with E-state index >= 15 is 0 Å². The maximum Gasteiger partial charge on any atom is 0.261 e. The van der Waals surface area contributed by atoms with Crippen LogP contribution in [0.1, 0.15) is 0 Å². The minimum atomic E-state index is -4.21. The summed E-state index contributed by atoms with van der Waals surface area (Å²) in [7, 11) is -8.36. The number of ether oxygens (including phenoxy) is 1. The quantitative estimate of drug-likeness (QED) is 0.639. The van der Waals surface area contributed by atoms with Crippen molar-refractivity contribution in [2.45, 2.75) is 16.2 Å². The molecule has 7 nitrogen and oxygen atoms in total. The average Bonchev–Trinajstić information content (AvgIpc) is 2.37. The van der Waals surface area contributed by atoms with Crippen LogP contribution in [0.4, 0.5) is 8.78 Å². The minimum absolute atomic E-state index is 0.277. The van der Waals surface area contributed by atoms with Crippen LogP contribution in [-0.2, 0) is 24.8 Å². The first-order valence-corrected chi connectivity index (χ1v) is 8.65. The summed E-state index contributed by atoms with van der Waals surface area (Å²) < 4.78 is 76.7. The van der Waals surface area contributed by atoms with Gasteiger partial charge in [0.15, 0.2) is 0 Å². The highest BCUT2D eigenvalue weighted by atomic mass is 32.2. The number of hydrogen-bond acceptors (Lipinski definition) is 5. The Kier molecular flexibility index (Phi) is 6.16. The molecule has 0 radical (unpaired) electrons. The minimum Gasteiger partial charge on any atom is -0.374 e. The number of benzene rings is 1. The van der Waals surface area contributed by atoms with E-state index in [4.69, 9.17) is 5.14 Å². The summed E-state index contributed by atoms with van der Waals surface area (Å²) in [5.41, 5.74) is 0. The summed E-state index contributed by atoms with van der Waals surface area (Å²) in [6, 6.07) is 4.78. The van der Waals surface area contributed by atoms with Gasteiger partial charge in [0.25, 0.3) is 6.43 Å². The van der Waals surface area contributed by atoms with Crippen LogP contribution in [0.3, 0.4) is 0 Å². The maximum absolute atomic E-state index is 12.0. The Morgan fingerprint density at radius 2 is 1.71 bits per heavy atom. The van der Waals surface area contributed by atoms with Crippen LogP contribution in [0.2, 0.25) is 0 Å². The zero-order valence-electron chi connectivity index (χ0n) is 10.7. The van der Waals surface area contributed by atoms with Crippen LogP contribution < -0.4 is 9.86 Å². The second-order valence-corrected chi connectivity index (χ2v) is 7.12. The molecule has 0 aliphatic rings. The van der Waals surface area contributed by atoms with Crippen molar-refractivity contribution in [3.8, 4) is 0 Å². The molecule has 0 aliphatic carbocycles. The molecule has 21 heavy (non-hydrogen) atoms. The van der Waals surface area contributed by atoms with E-state index in [9.17, 15) is 25.6 Å². The molecule has 0 unspecified atom stereocenters. The Balaban J connectivity index is 2.80. The summed E-state index contributed by atoms with van der Waals surface area (Å²) in [6.45, 7) is -1.37. The van der Waals surface area contributed by atoms with Crippen LogP contribution in [-0.4, -0.2) is 43.0 Å². The van der Waals surface area contributed by atoms with Crippen molar-refractivity contribution in [1.29, 1.82) is 0 Å². The summed E-state index contributed by atoms with van der Waals surface area (Å²) in [5, 5.41) is 4.94. The van der Waals surface area contributed by atoms with Gasteiger partial charge >= 0.3 is 0 Å². The lowest BCUT2D eigenvalue weighted by molar-refractivity contribution is 0.0199. The van der Waals surface area contributed by atoms with Crippen LogP contribution in [0.5, 0.6) is 0 Å². The van der Waals surface area contributed by atoms with Crippen molar-refractivity contribution in [2.24, 2.45) is 5.14 Å². The van der Waals surface area contributed by atoms with Crippen molar-refractivity contribution in [1.82, 2.24) is 4.72 Å². The van der Waals surface area contributed by atoms with Crippen LogP contribution >= 0.6 is 0 Å². The lowest BCUT2D eigenvalue weighted by Gasteiger charge is -2.10. The molecule has 11 heteroatoms. The standard InChI is InChI=1S/C10H14F2N2O5S2/c11-10(12)7-19-6-5-14-21(17,18)9-4-2-1-3-8(9)20(13,15)16/h1-4,10,14H,5-7H2,(H2,13,15,16). The van der Waals surface area contributed by atoms with E-state index in [1.165, 1.54) is 12.1 Å². The van der Waals surface area contributed by atoms with Crippen LogP contribution in [0, 0.1) is 0 Å². The topological polar surface area (TPSA) is 116 Å². The van der Waals surface area contributed by atoms with Crippen molar-refractivity contribution in [3.63, 3.8) is 0 Å². The number of rotatable bonds is 8. The van der Waals surface area contributed by atoms with Gasteiger partial charge in [-0.2, -0.15) is 0 Å². The van der Waals surface area contributed by atoms with Crippen molar-refractivity contribution in [3.05, 3.63) is 24.3 Å². The monoisotopic (exact) mass is 344 g/mol. The number of alkyl halides is 2. The average molecular weight is 344 g/mol. The second-order valence-electron chi connectivity index (χ2n) is 3.86. The lowest BCUT2D eigenvalue weighted by Crippen LogP contribution is -2.29. The third kappa shape index (κ3) is 5.63. The molecule has 0 aromatic heterocycles. The SMILES string of the molecule is NS(=O)(=O)c1ccccc1S(=O)(=O)NCCOCC(F)F. The highest BCUT2D eigenvalue weighted by Crippen LogP contribution is 2.18. The van der Waals surface area contributed by atoms with Crippen LogP contribution in [0.25, 0.3) is 0 Å². The highest BCUT2D eigenvalue weighted by molar-refractivity contribution is 7.92. The van der Waals surface area contributed by atoms with Gasteiger partial charge in [-0.3, -0.25) is 0 Å². The Hall–Kier alpha value is -1.14. The number of sulfonamides is 2. The van der Waals surface area contributed by atoms with E-state index in [0.717, 1.165) is 12.1 Å². The molecule has 1 rings (SSSR count). The first-order valence-electron chi connectivity index (χ1n) is 5.62. The molecule has 0 bridgehead atoms. The Labute approximate surface area is 121 Å². The van der Waals surface area contributed by atoms with E-state index in [1.54, 1.807) is 0 Å². The second kappa shape index (κ2) is 7.22. The Morgan fingerprint density at radius 3 is 2.24 bits per heavy atom. The Morgan fingerprint density at radius 1 is 1.14 bits per heavy atom. The summed E-state index contributed by atoms with van der Waals surface area (Å²) >= 11 is 0. The molecule has 0 atom stereocenters. The maximum atomic E-state index is 12.0. The van der Waals surface area contributed by atoms with Crippen LogP contribution in [0.15, 0.2) is 34.1 Å². The third-order valence-corrected chi connectivity index (χ3v) is 4.84. The molecular formula is C10H14F2N2O5S2. The first kappa shape index (κ1) is 17.9. The van der Waals surface area contributed by atoms with E-state index in [1.807, 2.05) is 4.72 Å². The predicted octanol–water partition coefficient (Wildman–Crippen LogP) is -0.106. The van der Waals surface area contributed by atoms with E-state index in [0.29, 0.717) is 0 Å². The molecule has 1 aromatic carbocycles. The van der Waals surface area contributed by atoms with Crippen molar-refractivity contribution >= 4 is 20.0 Å². The largest absolute Gasteiger partial charge is 0.374 e. The summed E-state index contributed by atoms with van der Waals surface area (Å²) in [5.74, 6) is 0. The number of hydrogen-bond donors (Lipinski definition) is 2. The fourth-order valence-electron chi connectivity index (χ4n) is 1.41. The van der Waals surface area contributed by atoms with E-state index < -0.39 is 42.9 Å². The Bertz CT molecular complexity index is 676. The van der Waals surface area contributed by atoms with E-state index in [-0.39, 0.29) is 13.2 Å². The van der Waals surface area contributed by atoms with E-state index in [2.05, 4.69) is 4.74 Å². The normalized spacial score (nSPS) is 12.8. The fraction of sp³-hybridized carbons (Fsp3) is 0.400. The number of halogens is 2. The molecule has 1 aromatic rings. The van der Waals surface area contributed by atoms with Gasteiger partial charge < -0.3 is 4.74 Å². The van der Waals surface area contributed by atoms with Gasteiger partial charge in [-0.05, 0) is 12.1 Å². The predicted molar refractivity (Wildman–Crippen MR) is 69.8 cm³/mol. The molecule has 0 spiro atoms. The molecule has 0 fully saturated rings. The zero-order valence-corrected chi connectivity index (χ0v) is 12.3. The summed E-state index contributed by atoms with van der Waals surface area (Å²) in [4.78, 5) is -1.06. The number of nitrogens with one attached hydrogen (secondary N) is 1. The number of primary sulfonamides is 1. The highest BCUT2D eigenvalue weighted by Gasteiger charge is 2.23. The van der Waals surface area contributed by atoms with Crippen molar-refractivity contribution in [2.75, 3.05) is 19.8 Å². The lowest BCUT2D eigenvalue weighted by atomic mass is 10.4. The van der Waals surface area contributed by atoms with Gasteiger partial charge in [0.2, 0.25) is 20.0 Å². The molecule has 0 aliphatic heterocycles. The van der Waals surface area contributed by atoms with Gasteiger partial charge in [-0.15, -0.1) is 0 Å². The first-order chi connectivity index (χ1) is 9.64. The number of nitrogens with two attached hydrogens (primary N) is 1. The smallest absolute Gasteiger partial charge is 0.261 e. The molecule has 3 N–H and O–H groups in total. The molecule has 0 amide bonds. The van der Waals surface area contributed by atoms with Gasteiger partial charge in [0.1, 0.15) is 16.4 Å². The molecule has 0 saturated carbocycles. The zero-order chi connectivity index (χ0) is 16.1. The molecule has 120 valence electrons. The van der Waals surface area contributed by atoms with Gasteiger partial charge in [-0.25, -0.2) is 35.5 Å². The molecule has 0 heterocycles.